The molecule has 4 N–H and O–H groups in total. The monoisotopic (exact) mass is 442 g/mol. The Bertz CT molecular complexity index is 980. The van der Waals surface area contributed by atoms with Gasteiger partial charge in [-0.15, -0.1) is 11.8 Å². The third-order valence-corrected chi connectivity index (χ3v) is 6.67. The zero-order chi connectivity index (χ0) is 20.2. The molecule has 3 atom stereocenters. The van der Waals surface area contributed by atoms with Gasteiger partial charge in [0.05, 0.1) is 0 Å². The fourth-order valence-electron chi connectivity index (χ4n) is 3.79. The van der Waals surface area contributed by atoms with Gasteiger partial charge >= 0.3 is 5.97 Å². The van der Waals surface area contributed by atoms with Crippen LogP contribution in [-0.4, -0.2) is 90.2 Å². The van der Waals surface area contributed by atoms with Crippen LogP contribution in [0.15, 0.2) is 34.9 Å². The van der Waals surface area contributed by atoms with Crippen LogP contribution in [0, 0.1) is 6.92 Å². The van der Waals surface area contributed by atoms with Crippen LogP contribution < -0.4 is 5.32 Å². The van der Waals surface area contributed by atoms with E-state index in [1.165, 1.54) is 16.7 Å². The second kappa shape index (κ2) is 8.72. The molecule has 11 heteroatoms. The van der Waals surface area contributed by atoms with Gasteiger partial charge in [0.1, 0.15) is 34.5 Å². The van der Waals surface area contributed by atoms with E-state index in [4.69, 9.17) is 4.52 Å². The summed E-state index contributed by atoms with van der Waals surface area (Å²) in [6, 6.07) is 7.46. The first-order valence-corrected chi connectivity index (χ1v) is 9.65. The summed E-state index contributed by atoms with van der Waals surface area (Å²) in [5.74, 6) is -1.55. The van der Waals surface area contributed by atoms with Gasteiger partial charge in [-0.1, -0.05) is 35.5 Å². The fourth-order valence-corrected chi connectivity index (χ4v) is 5.42. The molecule has 2 aliphatic rings. The predicted molar refractivity (Wildman–Crippen MR) is 111 cm³/mol. The number of hydrogen-bond donors (Lipinski definition) is 2. The van der Waals surface area contributed by atoms with Crippen molar-refractivity contribution in [3.8, 4) is 11.3 Å². The second-order valence-electron chi connectivity index (χ2n) is 7.38. The molecule has 2 saturated heterocycles. The Kier molecular flexibility index (Phi) is 7.10. The molecule has 3 heterocycles. The Morgan fingerprint density at radius 3 is 2.50 bits per heavy atom. The van der Waals surface area contributed by atoms with Crippen molar-refractivity contribution >= 4 is 59.1 Å². The molecule has 0 aliphatic carbocycles. The summed E-state index contributed by atoms with van der Waals surface area (Å²) in [5, 5.41) is 15.8. The number of carboxylic acid groups (broad SMARTS) is 1. The molecule has 2 fully saturated rings. The summed E-state index contributed by atoms with van der Waals surface area (Å²) in [5.41, 5.74) is 1.41. The van der Waals surface area contributed by atoms with Crippen molar-refractivity contribution < 1.29 is 29.5 Å². The number of aromatic nitrogens is 1. The molecule has 1 aromatic carbocycles. The van der Waals surface area contributed by atoms with Crippen molar-refractivity contribution in [2.24, 2.45) is 0 Å². The van der Waals surface area contributed by atoms with Gasteiger partial charge in [-0.25, -0.2) is 4.79 Å². The Balaban J connectivity index is 0.00000160. The SMILES string of the molecule is Cc1onc(-c2ccccc2)c1C(=O)N[C@@H]1C(=O)N2[C@@H]1SC(C)(C)[C@@H]2C(=O)O.O.[Na]. The van der Waals surface area contributed by atoms with E-state index in [1.54, 1.807) is 20.8 Å². The van der Waals surface area contributed by atoms with Crippen LogP contribution in [0.4, 0.5) is 0 Å². The van der Waals surface area contributed by atoms with Crippen LogP contribution in [0.25, 0.3) is 11.3 Å². The maximum atomic E-state index is 12.9. The Hall–Kier alpha value is -1.85. The average molecular weight is 442 g/mol. The van der Waals surface area contributed by atoms with E-state index in [1.807, 2.05) is 30.3 Å². The first-order valence-electron chi connectivity index (χ1n) is 8.77. The number of benzene rings is 1. The Morgan fingerprint density at radius 1 is 1.27 bits per heavy atom. The molecular weight excluding hydrogens is 421 g/mol. The molecular formula is C19H21N3NaO6S. The van der Waals surface area contributed by atoms with Gasteiger partial charge in [0.15, 0.2) is 0 Å². The number of carboxylic acids is 1. The van der Waals surface area contributed by atoms with Crippen molar-refractivity contribution in [3.05, 3.63) is 41.7 Å². The Morgan fingerprint density at radius 2 is 1.90 bits per heavy atom. The molecule has 1 radical (unpaired) electrons. The minimum Gasteiger partial charge on any atom is -0.480 e. The second-order valence-corrected chi connectivity index (χ2v) is 9.15. The van der Waals surface area contributed by atoms with Gasteiger partial charge < -0.3 is 25.3 Å². The van der Waals surface area contributed by atoms with Crippen molar-refractivity contribution in [2.45, 2.75) is 43.0 Å². The molecule has 0 spiro atoms. The topological polar surface area (TPSA) is 144 Å². The van der Waals surface area contributed by atoms with E-state index in [-0.39, 0.29) is 46.5 Å². The number of thioether (sulfide) groups is 1. The first kappa shape index (κ1) is 24.4. The molecule has 0 bridgehead atoms. The van der Waals surface area contributed by atoms with E-state index >= 15 is 0 Å². The van der Waals surface area contributed by atoms with Crippen molar-refractivity contribution in [3.63, 3.8) is 0 Å². The van der Waals surface area contributed by atoms with E-state index in [0.29, 0.717) is 11.5 Å². The van der Waals surface area contributed by atoms with Crippen molar-refractivity contribution in [1.29, 1.82) is 0 Å². The van der Waals surface area contributed by atoms with Gasteiger partial charge in [-0.3, -0.25) is 9.59 Å². The zero-order valence-corrected chi connectivity index (χ0v) is 19.8. The largest absolute Gasteiger partial charge is 0.480 e. The molecule has 155 valence electrons. The zero-order valence-electron chi connectivity index (χ0n) is 17.0. The third-order valence-electron chi connectivity index (χ3n) is 5.10. The summed E-state index contributed by atoms with van der Waals surface area (Å²) in [6.45, 7) is 5.22. The van der Waals surface area contributed by atoms with Crippen molar-refractivity contribution in [1.82, 2.24) is 15.4 Å². The quantitative estimate of drug-likeness (QED) is 0.523. The van der Waals surface area contributed by atoms with Gasteiger partial charge in [0.25, 0.3) is 5.91 Å². The number of aliphatic carboxylic acids is 1. The minimum atomic E-state index is -1.04. The number of aryl methyl sites for hydroxylation is 1. The number of amides is 2. The number of nitrogens with zero attached hydrogens (tertiary/aromatic N) is 2. The first-order chi connectivity index (χ1) is 13.2. The normalized spacial score (nSPS) is 23.5. The number of β-lactam (4-membered cyclic amide) rings is 1. The summed E-state index contributed by atoms with van der Waals surface area (Å²) in [6.07, 6.45) is 0. The molecule has 30 heavy (non-hydrogen) atoms. The number of fused-ring (bicyclic) bond motifs is 1. The van der Waals surface area contributed by atoms with Crippen molar-refractivity contribution in [2.75, 3.05) is 0 Å². The number of hydrogen-bond acceptors (Lipinski definition) is 6. The smallest absolute Gasteiger partial charge is 0.327 e. The van der Waals surface area contributed by atoms with Crippen LogP contribution in [0.3, 0.4) is 0 Å². The van der Waals surface area contributed by atoms with E-state index < -0.39 is 34.1 Å². The maximum Gasteiger partial charge on any atom is 0.327 e. The van der Waals surface area contributed by atoms with Gasteiger partial charge in [0.2, 0.25) is 5.91 Å². The molecule has 0 saturated carbocycles. The van der Waals surface area contributed by atoms with Crippen LogP contribution in [0.1, 0.15) is 30.0 Å². The minimum absolute atomic E-state index is 0. The van der Waals surface area contributed by atoms with E-state index in [2.05, 4.69) is 10.5 Å². The number of carbonyl (C=O) groups is 3. The molecule has 0 unspecified atom stereocenters. The van der Waals surface area contributed by atoms with E-state index in [9.17, 15) is 19.5 Å². The molecule has 2 aromatic rings. The predicted octanol–water partition coefficient (Wildman–Crippen LogP) is 0.690. The van der Waals surface area contributed by atoms with E-state index in [0.717, 1.165) is 5.56 Å². The third kappa shape index (κ3) is 3.78. The standard InChI is InChI=1S/C19H19N3O5S.Na.H2O/c1-9-11(12(21-27-9)10-7-5-4-6-8-10)15(23)20-13-16(24)22-14(18(25)26)19(2,3)28-17(13)22;;/h4-8,13-14,17H,1-3H3,(H,20,23)(H,25,26);;1H2/t13-,14+,17-;;/m1../s1. The summed E-state index contributed by atoms with van der Waals surface area (Å²) in [7, 11) is 0. The molecule has 4 rings (SSSR count). The Labute approximate surface area is 199 Å². The molecule has 2 amide bonds. The number of rotatable bonds is 4. The number of carbonyl (C=O) groups excluding carboxylic acids is 2. The van der Waals surface area contributed by atoms with Gasteiger partial charge in [-0.05, 0) is 20.8 Å². The van der Waals surface area contributed by atoms with Crippen LogP contribution in [-0.2, 0) is 9.59 Å². The number of nitrogens with one attached hydrogen (secondary N) is 1. The van der Waals surface area contributed by atoms with Gasteiger partial charge in [-0.2, -0.15) is 0 Å². The van der Waals surface area contributed by atoms with Crippen LogP contribution in [0.2, 0.25) is 0 Å². The van der Waals surface area contributed by atoms with Crippen LogP contribution in [0.5, 0.6) is 0 Å². The maximum absolute atomic E-state index is 12.9. The summed E-state index contributed by atoms with van der Waals surface area (Å²) < 4.78 is 4.57. The molecule has 1 aromatic heterocycles. The fraction of sp³-hybridized carbons (Fsp3) is 0.368. The molecule has 9 nitrogen and oxygen atoms in total. The molecule has 2 aliphatic heterocycles. The summed E-state index contributed by atoms with van der Waals surface area (Å²) >= 11 is 1.38. The van der Waals surface area contributed by atoms with Gasteiger partial charge in [0, 0.05) is 39.9 Å². The summed E-state index contributed by atoms with van der Waals surface area (Å²) in [4.78, 5) is 38.5. The average Bonchev–Trinajstić information content (AvgIpc) is 3.15. The van der Waals surface area contributed by atoms with Crippen LogP contribution >= 0.6 is 11.8 Å².